The summed E-state index contributed by atoms with van der Waals surface area (Å²) in [4.78, 5) is 0. The number of rotatable bonds is 5. The third kappa shape index (κ3) is 5.33. The lowest BCUT2D eigenvalue weighted by Crippen LogP contribution is -3.00. The number of benzene rings is 3. The van der Waals surface area contributed by atoms with E-state index in [2.05, 4.69) is 104 Å². The third-order valence-electron chi connectivity index (χ3n) is 6.14. The molecule has 0 spiro atoms. The van der Waals surface area contributed by atoms with Gasteiger partial charge in [0.25, 0.3) is 5.01 Å². The van der Waals surface area contributed by atoms with E-state index in [1.165, 1.54) is 43.6 Å². The summed E-state index contributed by atoms with van der Waals surface area (Å²) in [7, 11) is 0. The zero-order valence-corrected chi connectivity index (χ0v) is 22.4. The molecular weight excluding hydrogens is 537 g/mol. The van der Waals surface area contributed by atoms with Crippen molar-refractivity contribution in [1.29, 1.82) is 0 Å². The first-order valence-corrected chi connectivity index (χ1v) is 12.2. The van der Waals surface area contributed by atoms with Crippen molar-refractivity contribution in [2.45, 2.75) is 40.2 Å². The van der Waals surface area contributed by atoms with Crippen LogP contribution in [0.5, 0.6) is 5.75 Å². The number of aromatic nitrogens is 1. The highest BCUT2D eigenvalue weighted by Crippen LogP contribution is 2.38. The summed E-state index contributed by atoms with van der Waals surface area (Å²) in [6.07, 6.45) is 7.07. The summed E-state index contributed by atoms with van der Waals surface area (Å²) >= 11 is 1.87. The van der Waals surface area contributed by atoms with E-state index in [0.29, 0.717) is 12.0 Å². The zero-order valence-electron chi connectivity index (χ0n) is 19.5. The molecule has 0 radical (unpaired) electrons. The maximum Gasteiger partial charge on any atom is 0.263 e. The summed E-state index contributed by atoms with van der Waals surface area (Å²) in [6.45, 7) is 8.45. The van der Waals surface area contributed by atoms with E-state index in [4.69, 9.17) is 4.74 Å². The maximum atomic E-state index is 6.29. The zero-order chi connectivity index (χ0) is 22.1. The first kappa shape index (κ1) is 24.0. The number of nitrogens with zero attached hydrogens (tertiary/aromatic N) is 1. The fraction of sp³-hybridized carbons (Fsp3) is 0.276. The number of thiazole rings is 1. The third-order valence-corrected chi connectivity index (χ3v) is 7.25. The first-order valence-electron chi connectivity index (χ1n) is 11.4. The Hall–Kier alpha value is -2.18. The van der Waals surface area contributed by atoms with Crippen LogP contribution in [0, 0.1) is 5.41 Å². The van der Waals surface area contributed by atoms with Gasteiger partial charge in [-0.25, -0.2) is 0 Å². The van der Waals surface area contributed by atoms with Gasteiger partial charge in [-0.3, -0.25) is 0 Å². The van der Waals surface area contributed by atoms with Gasteiger partial charge < -0.3 is 28.7 Å². The molecule has 3 aromatic carbocycles. The van der Waals surface area contributed by atoms with Gasteiger partial charge in [0.1, 0.15) is 17.1 Å². The van der Waals surface area contributed by atoms with Gasteiger partial charge in [0.15, 0.2) is 6.54 Å². The Balaban J connectivity index is 0.00000259. The van der Waals surface area contributed by atoms with Crippen molar-refractivity contribution < 1.29 is 33.3 Å². The first-order chi connectivity index (χ1) is 15.5. The smallest absolute Gasteiger partial charge is 0.263 e. The van der Waals surface area contributed by atoms with Gasteiger partial charge in [-0.05, 0) is 48.3 Å². The molecule has 1 aliphatic carbocycles. The van der Waals surface area contributed by atoms with E-state index < -0.39 is 0 Å². The van der Waals surface area contributed by atoms with Crippen LogP contribution in [0.2, 0.25) is 0 Å². The molecule has 1 aliphatic rings. The van der Waals surface area contributed by atoms with Crippen molar-refractivity contribution in [3.63, 3.8) is 0 Å². The molecule has 2 nitrogen and oxygen atoms in total. The van der Waals surface area contributed by atoms with Crippen molar-refractivity contribution in [3.8, 4) is 5.75 Å². The molecule has 4 aromatic rings. The highest BCUT2D eigenvalue weighted by Gasteiger charge is 2.26. The van der Waals surface area contributed by atoms with Crippen molar-refractivity contribution in [2.75, 3.05) is 6.61 Å². The largest absolute Gasteiger partial charge is 1.00 e. The lowest BCUT2D eigenvalue weighted by atomic mass is 9.75. The minimum atomic E-state index is 0. The van der Waals surface area contributed by atoms with E-state index in [1.54, 1.807) is 0 Å². The van der Waals surface area contributed by atoms with E-state index >= 15 is 0 Å². The quantitative estimate of drug-likeness (QED) is 0.255. The van der Waals surface area contributed by atoms with Gasteiger partial charge in [0.05, 0.1) is 0 Å². The molecular formula is C29H30INOS. The van der Waals surface area contributed by atoms with E-state index in [-0.39, 0.29) is 24.0 Å². The minimum Gasteiger partial charge on any atom is -1.00 e. The highest BCUT2D eigenvalue weighted by atomic mass is 127. The lowest BCUT2D eigenvalue weighted by molar-refractivity contribution is -0.669. The molecule has 5 rings (SSSR count). The predicted molar refractivity (Wildman–Crippen MR) is 136 cm³/mol. The predicted octanol–water partition coefficient (Wildman–Crippen LogP) is 4.57. The van der Waals surface area contributed by atoms with Crippen LogP contribution in [-0.4, -0.2) is 6.61 Å². The van der Waals surface area contributed by atoms with Crippen LogP contribution in [0.15, 0.2) is 84.0 Å². The van der Waals surface area contributed by atoms with Crippen molar-refractivity contribution in [3.05, 3.63) is 89.0 Å². The van der Waals surface area contributed by atoms with Crippen LogP contribution in [0.1, 0.15) is 38.6 Å². The average molecular weight is 568 g/mol. The summed E-state index contributed by atoms with van der Waals surface area (Å²) in [6, 6.07) is 23.4. The van der Waals surface area contributed by atoms with Gasteiger partial charge >= 0.3 is 0 Å². The lowest BCUT2D eigenvalue weighted by Gasteiger charge is -2.29. The molecule has 33 heavy (non-hydrogen) atoms. The summed E-state index contributed by atoms with van der Waals surface area (Å²) in [5.41, 5.74) is 4.50. The number of allylic oxidation sites excluding steroid dienone is 3. The fourth-order valence-electron chi connectivity index (χ4n) is 5.00. The Labute approximate surface area is 217 Å². The second-order valence-electron chi connectivity index (χ2n) is 9.61. The monoisotopic (exact) mass is 567 g/mol. The van der Waals surface area contributed by atoms with Gasteiger partial charge in [-0.15, -0.1) is 0 Å². The Morgan fingerprint density at radius 1 is 0.970 bits per heavy atom. The molecule has 0 saturated heterocycles. The second-order valence-corrected chi connectivity index (χ2v) is 10.7. The van der Waals surface area contributed by atoms with Gasteiger partial charge in [0.2, 0.25) is 5.52 Å². The summed E-state index contributed by atoms with van der Waals surface area (Å²) in [5, 5.41) is 3.68. The second kappa shape index (κ2) is 9.98. The van der Waals surface area contributed by atoms with E-state index in [1.807, 2.05) is 11.3 Å². The Morgan fingerprint density at radius 2 is 1.73 bits per heavy atom. The van der Waals surface area contributed by atoms with Gasteiger partial charge in [0, 0.05) is 17.5 Å². The Kier molecular flexibility index (Phi) is 7.25. The van der Waals surface area contributed by atoms with Crippen LogP contribution < -0.4 is 33.3 Å². The Morgan fingerprint density at radius 3 is 2.58 bits per heavy atom. The van der Waals surface area contributed by atoms with E-state index in [0.717, 1.165) is 18.7 Å². The van der Waals surface area contributed by atoms with Gasteiger partial charge in [-0.1, -0.05) is 85.4 Å². The standard InChI is InChI=1S/C29H30NOS.HI/c1-21-17-22(20-29(2,3)19-21)18-28-30(25-12-6-7-14-27(25)32-28)15-16-31-26-13-8-10-23-9-4-5-11-24(23)26;/h4-14,17-18H,15-16,19-20H2,1-3H3;1H/q+1;/p-1. The molecule has 4 heteroatoms. The molecule has 0 N–H and O–H groups in total. The molecule has 1 heterocycles. The normalized spacial score (nSPS) is 16.6. The number of hydrogen-bond acceptors (Lipinski definition) is 2. The number of para-hydroxylation sites is 1. The SMILES string of the molecule is CC1=CC(=Cc2sc3ccccc3[n+]2CCOc2cccc3ccccc23)CC(C)(C)C1.[I-]. The number of hydrogen-bond donors (Lipinski definition) is 0. The number of ether oxygens (including phenoxy) is 1. The fourth-order valence-corrected chi connectivity index (χ4v) is 6.16. The summed E-state index contributed by atoms with van der Waals surface area (Å²) in [5.74, 6) is 0.954. The number of fused-ring (bicyclic) bond motifs is 2. The molecule has 0 amide bonds. The molecule has 170 valence electrons. The van der Waals surface area contributed by atoms with Crippen LogP contribution in [0.3, 0.4) is 0 Å². The van der Waals surface area contributed by atoms with Crippen LogP contribution >= 0.6 is 11.3 Å². The maximum absolute atomic E-state index is 6.29. The molecule has 1 aromatic heterocycles. The van der Waals surface area contributed by atoms with Crippen LogP contribution in [-0.2, 0) is 6.54 Å². The Bertz CT molecular complexity index is 1340. The van der Waals surface area contributed by atoms with Crippen LogP contribution in [0.25, 0.3) is 27.1 Å². The number of halogens is 1. The molecule has 0 unspecified atom stereocenters. The highest BCUT2D eigenvalue weighted by molar-refractivity contribution is 7.18. The average Bonchev–Trinajstić information content (AvgIpc) is 3.09. The summed E-state index contributed by atoms with van der Waals surface area (Å²) < 4.78 is 10.0. The topological polar surface area (TPSA) is 13.1 Å². The van der Waals surface area contributed by atoms with Crippen molar-refractivity contribution in [2.24, 2.45) is 5.41 Å². The minimum absolute atomic E-state index is 0. The van der Waals surface area contributed by atoms with Crippen molar-refractivity contribution in [1.82, 2.24) is 0 Å². The molecule has 0 atom stereocenters. The van der Waals surface area contributed by atoms with Crippen LogP contribution in [0.4, 0.5) is 0 Å². The van der Waals surface area contributed by atoms with E-state index in [9.17, 15) is 0 Å². The molecule has 0 fully saturated rings. The van der Waals surface area contributed by atoms with Gasteiger partial charge in [-0.2, -0.15) is 4.57 Å². The molecule has 0 bridgehead atoms. The molecule has 0 saturated carbocycles. The van der Waals surface area contributed by atoms with Crippen molar-refractivity contribution >= 4 is 38.4 Å². The molecule has 0 aliphatic heterocycles.